The molecule has 0 aliphatic heterocycles. The minimum absolute atomic E-state index is 0.706. The maximum Gasteiger partial charge on any atom is 0.184 e. The van der Waals surface area contributed by atoms with Crippen LogP contribution in [0.5, 0.6) is 0 Å². The van der Waals surface area contributed by atoms with Gasteiger partial charge < -0.3 is 5.73 Å². The van der Waals surface area contributed by atoms with Crippen molar-refractivity contribution in [3.05, 3.63) is 29.6 Å². The predicted octanol–water partition coefficient (Wildman–Crippen LogP) is 1.39. The first-order chi connectivity index (χ1) is 7.65. The molecule has 1 heterocycles. The lowest BCUT2D eigenvalue weighted by Crippen LogP contribution is -1.93. The summed E-state index contributed by atoms with van der Waals surface area (Å²) in [5, 5.41) is 11.8. The molecule has 0 fully saturated rings. The normalized spacial score (nSPS) is 10.6. The minimum Gasteiger partial charge on any atom is -0.399 e. The molecule has 0 saturated heterocycles. The Labute approximate surface area is 98.0 Å². The molecule has 0 radical (unpaired) electrons. The number of benzene rings is 1. The van der Waals surface area contributed by atoms with Crippen LogP contribution in [0.1, 0.15) is 11.4 Å². The van der Waals surface area contributed by atoms with Crippen molar-refractivity contribution in [3.8, 4) is 0 Å². The third-order valence-electron chi connectivity index (χ3n) is 2.12. The molecule has 0 bridgehead atoms. The number of nitrogens with zero attached hydrogens (tertiary/aromatic N) is 4. The molecule has 84 valence electrons. The summed E-state index contributed by atoms with van der Waals surface area (Å²) in [4.78, 5) is 2.62. The number of thioether (sulfide) groups is 1. The van der Waals surface area contributed by atoms with E-state index in [1.165, 1.54) is 10.4 Å². The second-order valence-electron chi connectivity index (χ2n) is 3.51. The summed E-state index contributed by atoms with van der Waals surface area (Å²) < 4.78 is 0. The van der Waals surface area contributed by atoms with Gasteiger partial charge in [0.15, 0.2) is 5.82 Å². The highest BCUT2D eigenvalue weighted by atomic mass is 32.2. The zero-order valence-electron chi connectivity index (χ0n) is 9.21. The summed E-state index contributed by atoms with van der Waals surface area (Å²) in [5.41, 5.74) is 7.73. The number of rotatable bonds is 3. The van der Waals surface area contributed by atoms with Gasteiger partial charge in [0, 0.05) is 10.6 Å². The van der Waals surface area contributed by atoms with Gasteiger partial charge in [0.1, 0.15) is 0 Å². The van der Waals surface area contributed by atoms with Crippen molar-refractivity contribution in [1.82, 2.24) is 20.2 Å². The van der Waals surface area contributed by atoms with E-state index >= 15 is 0 Å². The highest BCUT2D eigenvalue weighted by Gasteiger charge is 2.04. The van der Waals surface area contributed by atoms with E-state index in [0.717, 1.165) is 16.4 Å². The summed E-state index contributed by atoms with van der Waals surface area (Å²) in [7, 11) is 1.76. The Bertz CT molecular complexity index is 494. The minimum atomic E-state index is 0.706. The SMILES string of the molecule is Cc1ccc(N)cc1SCc1nnn(C)n1. The Balaban J connectivity index is 2.07. The fraction of sp³-hybridized carbons (Fsp3) is 0.300. The molecular weight excluding hydrogens is 222 g/mol. The van der Waals surface area contributed by atoms with Crippen LogP contribution in [-0.4, -0.2) is 20.2 Å². The highest BCUT2D eigenvalue weighted by molar-refractivity contribution is 7.98. The predicted molar refractivity (Wildman–Crippen MR) is 64.0 cm³/mol. The van der Waals surface area contributed by atoms with Gasteiger partial charge in [-0.1, -0.05) is 6.07 Å². The molecule has 0 aliphatic carbocycles. The lowest BCUT2D eigenvalue weighted by molar-refractivity contribution is 0.628. The second kappa shape index (κ2) is 4.52. The van der Waals surface area contributed by atoms with Crippen LogP contribution in [0.3, 0.4) is 0 Å². The average molecular weight is 235 g/mol. The molecule has 0 atom stereocenters. The Morgan fingerprint density at radius 1 is 1.44 bits per heavy atom. The summed E-state index contributed by atoms with van der Waals surface area (Å²) >= 11 is 1.67. The van der Waals surface area contributed by atoms with E-state index in [9.17, 15) is 0 Å². The lowest BCUT2D eigenvalue weighted by Gasteiger charge is -2.04. The quantitative estimate of drug-likeness (QED) is 0.643. The zero-order valence-corrected chi connectivity index (χ0v) is 10.0. The molecule has 0 amide bonds. The van der Waals surface area contributed by atoms with E-state index in [1.54, 1.807) is 18.8 Å². The van der Waals surface area contributed by atoms with Crippen LogP contribution in [0.25, 0.3) is 0 Å². The first kappa shape index (κ1) is 10.9. The number of tetrazole rings is 1. The number of hydrogen-bond donors (Lipinski definition) is 1. The number of aryl methyl sites for hydroxylation is 2. The molecule has 5 nitrogen and oxygen atoms in total. The fourth-order valence-corrected chi connectivity index (χ4v) is 2.21. The standard InChI is InChI=1S/C10H13N5S/c1-7-3-4-8(11)5-9(7)16-6-10-12-14-15(2)13-10/h3-5H,6,11H2,1-2H3. The summed E-state index contributed by atoms with van der Waals surface area (Å²) in [6.07, 6.45) is 0. The summed E-state index contributed by atoms with van der Waals surface area (Å²) in [5.74, 6) is 1.44. The molecule has 2 N–H and O–H groups in total. The zero-order chi connectivity index (χ0) is 11.5. The highest BCUT2D eigenvalue weighted by Crippen LogP contribution is 2.26. The molecule has 0 aliphatic rings. The molecule has 16 heavy (non-hydrogen) atoms. The van der Waals surface area contributed by atoms with E-state index in [2.05, 4.69) is 22.3 Å². The van der Waals surface area contributed by atoms with Gasteiger partial charge in [-0.2, -0.15) is 4.80 Å². The second-order valence-corrected chi connectivity index (χ2v) is 4.53. The maximum atomic E-state index is 5.74. The first-order valence-electron chi connectivity index (χ1n) is 4.87. The Morgan fingerprint density at radius 2 is 2.25 bits per heavy atom. The molecule has 6 heteroatoms. The van der Waals surface area contributed by atoms with E-state index in [4.69, 9.17) is 5.73 Å². The van der Waals surface area contributed by atoms with Crippen molar-refractivity contribution in [3.63, 3.8) is 0 Å². The first-order valence-corrected chi connectivity index (χ1v) is 5.85. The van der Waals surface area contributed by atoms with Crippen LogP contribution in [0.4, 0.5) is 5.69 Å². The Morgan fingerprint density at radius 3 is 2.94 bits per heavy atom. The van der Waals surface area contributed by atoms with Crippen LogP contribution in [-0.2, 0) is 12.8 Å². The molecule has 2 rings (SSSR count). The summed E-state index contributed by atoms with van der Waals surface area (Å²) in [6.45, 7) is 2.06. The molecule has 0 spiro atoms. The lowest BCUT2D eigenvalue weighted by atomic mass is 10.2. The molecule has 1 aromatic carbocycles. The number of aromatic nitrogens is 4. The Hall–Kier alpha value is -1.56. The van der Waals surface area contributed by atoms with Crippen LogP contribution in [0.2, 0.25) is 0 Å². The molecule has 1 aromatic heterocycles. The number of anilines is 1. The Kier molecular flexibility index (Phi) is 3.09. The van der Waals surface area contributed by atoms with E-state index < -0.39 is 0 Å². The van der Waals surface area contributed by atoms with Gasteiger partial charge in [0.05, 0.1) is 12.8 Å². The smallest absolute Gasteiger partial charge is 0.184 e. The van der Waals surface area contributed by atoms with Gasteiger partial charge in [0.2, 0.25) is 0 Å². The third kappa shape index (κ3) is 2.52. The summed E-state index contributed by atoms with van der Waals surface area (Å²) in [6, 6.07) is 5.89. The fourth-order valence-electron chi connectivity index (χ4n) is 1.30. The van der Waals surface area contributed by atoms with Gasteiger partial charge >= 0.3 is 0 Å². The van der Waals surface area contributed by atoms with Crippen LogP contribution < -0.4 is 5.73 Å². The van der Waals surface area contributed by atoms with Crippen molar-refractivity contribution >= 4 is 17.4 Å². The van der Waals surface area contributed by atoms with Crippen molar-refractivity contribution in [1.29, 1.82) is 0 Å². The van der Waals surface area contributed by atoms with E-state index in [1.807, 2.05) is 18.2 Å². The van der Waals surface area contributed by atoms with Gasteiger partial charge in [-0.25, -0.2) is 0 Å². The van der Waals surface area contributed by atoms with Crippen molar-refractivity contribution in [2.45, 2.75) is 17.6 Å². The number of nitrogens with two attached hydrogens (primary N) is 1. The van der Waals surface area contributed by atoms with Gasteiger partial charge in [-0.05, 0) is 29.8 Å². The molecular formula is C10H13N5S. The topological polar surface area (TPSA) is 69.6 Å². The van der Waals surface area contributed by atoms with E-state index in [0.29, 0.717) is 5.75 Å². The van der Waals surface area contributed by atoms with Crippen LogP contribution in [0, 0.1) is 6.92 Å². The van der Waals surface area contributed by atoms with Crippen molar-refractivity contribution in [2.75, 3.05) is 5.73 Å². The number of nitrogen functional groups attached to an aromatic ring is 1. The van der Waals surface area contributed by atoms with Crippen molar-refractivity contribution < 1.29 is 0 Å². The third-order valence-corrected chi connectivity index (χ3v) is 3.27. The molecule has 2 aromatic rings. The maximum absolute atomic E-state index is 5.74. The average Bonchev–Trinajstić information content (AvgIpc) is 2.66. The van der Waals surface area contributed by atoms with Crippen LogP contribution >= 0.6 is 11.8 Å². The van der Waals surface area contributed by atoms with E-state index in [-0.39, 0.29) is 0 Å². The van der Waals surface area contributed by atoms with Gasteiger partial charge in [0.25, 0.3) is 0 Å². The molecule has 0 unspecified atom stereocenters. The van der Waals surface area contributed by atoms with Crippen molar-refractivity contribution in [2.24, 2.45) is 7.05 Å². The largest absolute Gasteiger partial charge is 0.399 e. The number of hydrogen-bond acceptors (Lipinski definition) is 5. The van der Waals surface area contributed by atoms with Crippen LogP contribution in [0.15, 0.2) is 23.1 Å². The monoisotopic (exact) mass is 235 g/mol. The van der Waals surface area contributed by atoms with Gasteiger partial charge in [-0.15, -0.1) is 22.0 Å². The molecule has 0 saturated carbocycles. The van der Waals surface area contributed by atoms with Gasteiger partial charge in [-0.3, -0.25) is 0 Å².